The molecule has 9 heteroatoms. The lowest BCUT2D eigenvalue weighted by molar-refractivity contribution is -0.302. The molecule has 0 radical (unpaired) electrons. The van der Waals surface area contributed by atoms with Crippen LogP contribution in [0.1, 0.15) is 84.5 Å². The maximum atomic E-state index is 12.1. The Morgan fingerprint density at radius 2 is 1.62 bits per heavy atom. The standard InChI is InChI=1S/C25H47NO8/c1-3-5-6-7-8-9-10-11-12-13-15-19(28)18(26-21(29)14-4-2)17-33-25-24(32)23(31)22(30)20(16-27)34-25/h13,15,18-20,22-25,27-28,30-32H,3-12,14,16-17H2,1-2H3,(H,26,29)/b15-13+. The predicted octanol–water partition coefficient (Wildman–Crippen LogP) is 1.54. The minimum absolute atomic E-state index is 0.193. The van der Waals surface area contributed by atoms with Crippen molar-refractivity contribution in [3.63, 3.8) is 0 Å². The second kappa shape index (κ2) is 18.2. The number of amides is 1. The minimum Gasteiger partial charge on any atom is -0.394 e. The molecule has 6 N–H and O–H groups in total. The quantitative estimate of drug-likeness (QED) is 0.125. The van der Waals surface area contributed by atoms with Crippen LogP contribution in [0.5, 0.6) is 0 Å². The van der Waals surface area contributed by atoms with Crippen molar-refractivity contribution in [1.29, 1.82) is 0 Å². The summed E-state index contributed by atoms with van der Waals surface area (Å²) in [6, 6.07) is -0.791. The molecule has 1 rings (SSSR count). The molecule has 9 nitrogen and oxygen atoms in total. The molecule has 1 fully saturated rings. The van der Waals surface area contributed by atoms with Gasteiger partial charge in [-0.05, 0) is 19.3 Å². The molecule has 200 valence electrons. The molecule has 0 aliphatic carbocycles. The number of hydrogen-bond acceptors (Lipinski definition) is 8. The monoisotopic (exact) mass is 489 g/mol. The highest BCUT2D eigenvalue weighted by Gasteiger charge is 2.44. The highest BCUT2D eigenvalue weighted by Crippen LogP contribution is 2.22. The third-order valence-corrected chi connectivity index (χ3v) is 6.08. The van der Waals surface area contributed by atoms with Crippen molar-refractivity contribution in [3.8, 4) is 0 Å². The molecule has 0 spiro atoms. The molecule has 1 aliphatic rings. The van der Waals surface area contributed by atoms with Crippen molar-refractivity contribution >= 4 is 5.91 Å². The summed E-state index contributed by atoms with van der Waals surface area (Å²) in [7, 11) is 0. The zero-order chi connectivity index (χ0) is 25.3. The molecular weight excluding hydrogens is 442 g/mol. The van der Waals surface area contributed by atoms with Crippen molar-refractivity contribution in [2.24, 2.45) is 0 Å². The van der Waals surface area contributed by atoms with E-state index in [0.29, 0.717) is 12.8 Å². The summed E-state index contributed by atoms with van der Waals surface area (Å²) in [5, 5.41) is 52.6. The highest BCUT2D eigenvalue weighted by atomic mass is 16.7. The van der Waals surface area contributed by atoms with Gasteiger partial charge in [0.15, 0.2) is 6.29 Å². The number of carbonyl (C=O) groups excluding carboxylic acids is 1. The Morgan fingerprint density at radius 1 is 0.971 bits per heavy atom. The van der Waals surface area contributed by atoms with Gasteiger partial charge in [0.2, 0.25) is 5.91 Å². The summed E-state index contributed by atoms with van der Waals surface area (Å²) < 4.78 is 10.9. The number of unbranched alkanes of at least 4 members (excludes halogenated alkanes) is 8. The lowest BCUT2D eigenvalue weighted by Gasteiger charge is -2.40. The van der Waals surface area contributed by atoms with Crippen LogP contribution in [-0.2, 0) is 14.3 Å². The first-order valence-corrected chi connectivity index (χ1v) is 12.9. The van der Waals surface area contributed by atoms with E-state index in [9.17, 15) is 30.3 Å². The number of aliphatic hydroxyl groups excluding tert-OH is 5. The van der Waals surface area contributed by atoms with Gasteiger partial charge in [-0.3, -0.25) is 4.79 Å². The maximum Gasteiger partial charge on any atom is 0.220 e. The van der Waals surface area contributed by atoms with Crippen LogP contribution in [-0.4, -0.2) is 87.5 Å². The van der Waals surface area contributed by atoms with Crippen LogP contribution in [0.3, 0.4) is 0 Å². The van der Waals surface area contributed by atoms with E-state index < -0.39 is 49.5 Å². The van der Waals surface area contributed by atoms with Gasteiger partial charge < -0.3 is 40.3 Å². The fourth-order valence-electron chi connectivity index (χ4n) is 3.90. The van der Waals surface area contributed by atoms with E-state index in [0.717, 1.165) is 19.3 Å². The van der Waals surface area contributed by atoms with Crippen molar-refractivity contribution < 1.29 is 39.8 Å². The SMILES string of the molecule is CCCCCCCCCC/C=C/C(O)C(COC1OC(CO)C(O)C(O)C1O)NC(=O)CCC. The van der Waals surface area contributed by atoms with Gasteiger partial charge in [0, 0.05) is 6.42 Å². The first-order valence-electron chi connectivity index (χ1n) is 12.9. The number of ether oxygens (including phenoxy) is 2. The van der Waals surface area contributed by atoms with Crippen molar-refractivity contribution in [3.05, 3.63) is 12.2 Å². The van der Waals surface area contributed by atoms with Crippen LogP contribution in [0.25, 0.3) is 0 Å². The molecule has 0 saturated carbocycles. The van der Waals surface area contributed by atoms with E-state index in [1.54, 1.807) is 6.08 Å². The Hall–Kier alpha value is -1.07. The van der Waals surface area contributed by atoms with Gasteiger partial charge in [-0.2, -0.15) is 0 Å². The maximum absolute atomic E-state index is 12.1. The zero-order valence-corrected chi connectivity index (χ0v) is 20.8. The topological polar surface area (TPSA) is 149 Å². The third kappa shape index (κ3) is 11.6. The Kier molecular flexibility index (Phi) is 16.6. The molecule has 7 unspecified atom stereocenters. The Balaban J connectivity index is 2.53. The van der Waals surface area contributed by atoms with Crippen LogP contribution >= 0.6 is 0 Å². The van der Waals surface area contributed by atoms with Gasteiger partial charge in [-0.25, -0.2) is 0 Å². The third-order valence-electron chi connectivity index (χ3n) is 6.08. The normalized spacial score (nSPS) is 27.1. The molecule has 0 aromatic rings. The number of rotatable bonds is 18. The molecule has 0 bridgehead atoms. The van der Waals surface area contributed by atoms with Crippen molar-refractivity contribution in [2.45, 2.75) is 127 Å². The van der Waals surface area contributed by atoms with Gasteiger partial charge in [-0.15, -0.1) is 0 Å². The van der Waals surface area contributed by atoms with Gasteiger partial charge in [0.05, 0.1) is 25.4 Å². The van der Waals surface area contributed by atoms with Crippen LogP contribution in [0, 0.1) is 0 Å². The van der Waals surface area contributed by atoms with Crippen LogP contribution < -0.4 is 5.32 Å². The average Bonchev–Trinajstić information content (AvgIpc) is 2.82. The summed E-state index contributed by atoms with van der Waals surface area (Å²) in [5.41, 5.74) is 0. The lowest BCUT2D eigenvalue weighted by atomic mass is 9.99. The van der Waals surface area contributed by atoms with E-state index in [4.69, 9.17) is 9.47 Å². The Bertz CT molecular complexity index is 559. The molecule has 7 atom stereocenters. The van der Waals surface area contributed by atoms with Crippen molar-refractivity contribution in [2.75, 3.05) is 13.2 Å². The fraction of sp³-hybridized carbons (Fsp3) is 0.880. The van der Waals surface area contributed by atoms with Gasteiger partial charge in [-0.1, -0.05) is 70.9 Å². The number of nitrogens with one attached hydrogen (secondary N) is 1. The predicted molar refractivity (Wildman–Crippen MR) is 129 cm³/mol. The smallest absolute Gasteiger partial charge is 0.220 e. The Labute approximate surface area is 204 Å². The number of hydrogen-bond donors (Lipinski definition) is 6. The van der Waals surface area contributed by atoms with Crippen molar-refractivity contribution in [1.82, 2.24) is 5.32 Å². The molecule has 0 aromatic carbocycles. The van der Waals surface area contributed by atoms with E-state index in [-0.39, 0.29) is 12.5 Å². The molecule has 1 amide bonds. The van der Waals surface area contributed by atoms with E-state index in [1.807, 2.05) is 13.0 Å². The zero-order valence-electron chi connectivity index (χ0n) is 20.8. The molecule has 34 heavy (non-hydrogen) atoms. The van der Waals surface area contributed by atoms with E-state index >= 15 is 0 Å². The first kappa shape index (κ1) is 31.0. The van der Waals surface area contributed by atoms with Crippen LogP contribution in [0.2, 0.25) is 0 Å². The van der Waals surface area contributed by atoms with Gasteiger partial charge in [0.25, 0.3) is 0 Å². The number of allylic oxidation sites excluding steroid dienone is 1. The highest BCUT2D eigenvalue weighted by molar-refractivity contribution is 5.76. The molecule has 1 heterocycles. The summed E-state index contributed by atoms with van der Waals surface area (Å²) in [6.45, 7) is 3.33. The van der Waals surface area contributed by atoms with Crippen LogP contribution in [0.4, 0.5) is 0 Å². The summed E-state index contributed by atoms with van der Waals surface area (Å²) in [5.74, 6) is -0.236. The fourth-order valence-corrected chi connectivity index (χ4v) is 3.90. The summed E-state index contributed by atoms with van der Waals surface area (Å²) in [6.07, 6.45) is 7.09. The number of carbonyl (C=O) groups is 1. The summed E-state index contributed by atoms with van der Waals surface area (Å²) in [4.78, 5) is 12.1. The number of aliphatic hydroxyl groups is 5. The molecular formula is C25H47NO8. The second-order valence-electron chi connectivity index (χ2n) is 9.14. The summed E-state index contributed by atoms with van der Waals surface area (Å²) >= 11 is 0. The average molecular weight is 490 g/mol. The Morgan fingerprint density at radius 3 is 2.24 bits per heavy atom. The molecule has 0 aromatic heterocycles. The minimum atomic E-state index is -1.56. The van der Waals surface area contributed by atoms with Crippen LogP contribution in [0.15, 0.2) is 12.2 Å². The van der Waals surface area contributed by atoms with Gasteiger partial charge in [0.1, 0.15) is 24.4 Å². The van der Waals surface area contributed by atoms with E-state index in [1.165, 1.54) is 38.5 Å². The molecule has 1 saturated heterocycles. The van der Waals surface area contributed by atoms with Gasteiger partial charge >= 0.3 is 0 Å². The molecule has 1 aliphatic heterocycles. The largest absolute Gasteiger partial charge is 0.394 e. The van der Waals surface area contributed by atoms with E-state index in [2.05, 4.69) is 12.2 Å². The lowest BCUT2D eigenvalue weighted by Crippen LogP contribution is -2.60. The first-order chi connectivity index (χ1) is 16.3. The second-order valence-corrected chi connectivity index (χ2v) is 9.14.